The molecule has 0 bridgehead atoms. The van der Waals surface area contributed by atoms with Gasteiger partial charge in [0.25, 0.3) is 11.8 Å². The van der Waals surface area contributed by atoms with E-state index in [4.69, 9.17) is 4.74 Å². The molecule has 2 heterocycles. The molecule has 0 fully saturated rings. The number of thiophene rings is 1. The summed E-state index contributed by atoms with van der Waals surface area (Å²) in [6, 6.07) is 6.23. The Hall–Kier alpha value is -2.54. The number of carbonyl (C=O) groups is 3. The van der Waals surface area contributed by atoms with Gasteiger partial charge < -0.3 is 4.74 Å². The van der Waals surface area contributed by atoms with E-state index in [9.17, 15) is 14.4 Å². The molecule has 2 aromatic rings. The van der Waals surface area contributed by atoms with Crippen LogP contribution in [0.3, 0.4) is 0 Å². The molecule has 0 aliphatic carbocycles. The Kier molecular flexibility index (Phi) is 4.56. The first-order chi connectivity index (χ1) is 9.66. The summed E-state index contributed by atoms with van der Waals surface area (Å²) in [7, 11) is 0. The van der Waals surface area contributed by atoms with Gasteiger partial charge in [0.1, 0.15) is 0 Å². The normalized spacial score (nSPS) is 9.80. The maximum Gasteiger partial charge on any atom is 0.338 e. The Morgan fingerprint density at radius 3 is 2.60 bits per heavy atom. The molecule has 2 amide bonds. The third-order valence-electron chi connectivity index (χ3n) is 2.25. The highest BCUT2D eigenvalue weighted by molar-refractivity contribution is 7.12. The van der Waals surface area contributed by atoms with Crippen molar-refractivity contribution in [3.05, 3.63) is 52.5 Å². The number of imide groups is 1. The maximum atomic E-state index is 11.6. The highest BCUT2D eigenvalue weighted by atomic mass is 32.1. The van der Waals surface area contributed by atoms with Crippen LogP contribution in [0.4, 0.5) is 0 Å². The average Bonchev–Trinajstić information content (AvgIpc) is 3.00. The Morgan fingerprint density at radius 2 is 1.95 bits per heavy atom. The lowest BCUT2D eigenvalue weighted by Crippen LogP contribution is -2.33. The van der Waals surface area contributed by atoms with Gasteiger partial charge in [0.2, 0.25) is 0 Å². The smallest absolute Gasteiger partial charge is 0.338 e. The highest BCUT2D eigenvalue weighted by Crippen LogP contribution is 2.07. The molecule has 0 radical (unpaired) electrons. The molecule has 2 rings (SSSR count). The quantitative estimate of drug-likeness (QED) is 0.857. The average molecular weight is 290 g/mol. The number of amides is 2. The molecule has 6 nitrogen and oxygen atoms in total. The minimum absolute atomic E-state index is 0.289. The summed E-state index contributed by atoms with van der Waals surface area (Å²) in [5.41, 5.74) is 0.289. The van der Waals surface area contributed by atoms with Crippen molar-refractivity contribution in [2.45, 2.75) is 0 Å². The summed E-state index contributed by atoms with van der Waals surface area (Å²) < 4.78 is 4.78. The molecule has 20 heavy (non-hydrogen) atoms. The standard InChI is InChI=1S/C13H10N2O4S/c16-11(15-12(17)10-2-1-7-20-10)8-19-13(18)9-3-5-14-6-4-9/h1-7H,8H2,(H,15,16,17). The van der Waals surface area contributed by atoms with Crippen LogP contribution in [0.15, 0.2) is 42.0 Å². The Balaban J connectivity index is 1.81. The van der Waals surface area contributed by atoms with Gasteiger partial charge in [-0.2, -0.15) is 0 Å². The van der Waals surface area contributed by atoms with Gasteiger partial charge in [0.05, 0.1) is 10.4 Å². The van der Waals surface area contributed by atoms with Crippen LogP contribution in [0.2, 0.25) is 0 Å². The zero-order valence-corrected chi connectivity index (χ0v) is 11.1. The number of nitrogens with one attached hydrogen (secondary N) is 1. The second-order valence-corrected chi connectivity index (χ2v) is 4.61. The van der Waals surface area contributed by atoms with E-state index in [2.05, 4.69) is 10.3 Å². The van der Waals surface area contributed by atoms with E-state index in [1.54, 1.807) is 17.5 Å². The lowest BCUT2D eigenvalue weighted by atomic mass is 10.3. The van der Waals surface area contributed by atoms with Crippen LogP contribution in [-0.4, -0.2) is 29.4 Å². The molecule has 0 saturated carbocycles. The van der Waals surface area contributed by atoms with Gasteiger partial charge in [0, 0.05) is 12.4 Å². The number of rotatable bonds is 4. The van der Waals surface area contributed by atoms with Crippen molar-refractivity contribution in [2.24, 2.45) is 0 Å². The monoisotopic (exact) mass is 290 g/mol. The molecule has 0 spiro atoms. The fourth-order valence-electron chi connectivity index (χ4n) is 1.33. The lowest BCUT2D eigenvalue weighted by Gasteiger charge is -2.04. The molecular weight excluding hydrogens is 280 g/mol. The van der Waals surface area contributed by atoms with Crippen molar-refractivity contribution in [3.8, 4) is 0 Å². The fourth-order valence-corrected chi connectivity index (χ4v) is 1.95. The van der Waals surface area contributed by atoms with Crippen molar-refractivity contribution < 1.29 is 19.1 Å². The summed E-state index contributed by atoms with van der Waals surface area (Å²) in [6.07, 6.45) is 2.88. The molecule has 0 aromatic carbocycles. The van der Waals surface area contributed by atoms with E-state index in [1.165, 1.54) is 35.9 Å². The second-order valence-electron chi connectivity index (χ2n) is 3.67. The summed E-state index contributed by atoms with van der Waals surface area (Å²) in [4.78, 5) is 38.8. The molecule has 2 aromatic heterocycles. The zero-order chi connectivity index (χ0) is 14.4. The first-order valence-electron chi connectivity index (χ1n) is 5.61. The van der Waals surface area contributed by atoms with Crippen LogP contribution in [0.25, 0.3) is 0 Å². The zero-order valence-electron chi connectivity index (χ0n) is 10.2. The predicted molar refractivity (Wildman–Crippen MR) is 71.3 cm³/mol. The minimum atomic E-state index is -0.675. The molecule has 0 saturated heterocycles. The van der Waals surface area contributed by atoms with Crippen LogP contribution in [0.5, 0.6) is 0 Å². The molecule has 102 valence electrons. The van der Waals surface area contributed by atoms with Crippen molar-refractivity contribution in [2.75, 3.05) is 6.61 Å². The molecule has 0 atom stereocenters. The number of hydrogen-bond acceptors (Lipinski definition) is 6. The van der Waals surface area contributed by atoms with E-state index in [1.807, 2.05) is 0 Å². The number of nitrogens with zero attached hydrogens (tertiary/aromatic N) is 1. The van der Waals surface area contributed by atoms with E-state index < -0.39 is 24.4 Å². The van der Waals surface area contributed by atoms with Gasteiger partial charge in [-0.1, -0.05) is 6.07 Å². The van der Waals surface area contributed by atoms with Gasteiger partial charge in [-0.15, -0.1) is 11.3 Å². The number of pyridine rings is 1. The van der Waals surface area contributed by atoms with Gasteiger partial charge >= 0.3 is 5.97 Å². The topological polar surface area (TPSA) is 85.4 Å². The molecular formula is C13H10N2O4S. The number of carbonyl (C=O) groups excluding carboxylic acids is 3. The first-order valence-corrected chi connectivity index (χ1v) is 6.49. The van der Waals surface area contributed by atoms with Crippen molar-refractivity contribution >= 4 is 29.1 Å². The van der Waals surface area contributed by atoms with Crippen LogP contribution < -0.4 is 5.32 Å². The van der Waals surface area contributed by atoms with Crippen molar-refractivity contribution in [3.63, 3.8) is 0 Å². The maximum absolute atomic E-state index is 11.6. The summed E-state index contributed by atoms with van der Waals surface area (Å²) in [5.74, 6) is -1.83. The Labute approximate surface area is 118 Å². The minimum Gasteiger partial charge on any atom is -0.452 e. The molecule has 0 aliphatic heterocycles. The number of ether oxygens (including phenoxy) is 1. The molecule has 1 N–H and O–H groups in total. The largest absolute Gasteiger partial charge is 0.452 e. The van der Waals surface area contributed by atoms with Gasteiger partial charge in [-0.3, -0.25) is 19.9 Å². The van der Waals surface area contributed by atoms with Crippen molar-refractivity contribution in [1.29, 1.82) is 0 Å². The van der Waals surface area contributed by atoms with Crippen LogP contribution in [0, 0.1) is 0 Å². The highest BCUT2D eigenvalue weighted by Gasteiger charge is 2.13. The lowest BCUT2D eigenvalue weighted by molar-refractivity contribution is -0.123. The third-order valence-corrected chi connectivity index (χ3v) is 3.12. The van der Waals surface area contributed by atoms with E-state index in [-0.39, 0.29) is 5.56 Å². The van der Waals surface area contributed by atoms with Gasteiger partial charge in [-0.05, 0) is 23.6 Å². The summed E-state index contributed by atoms with van der Waals surface area (Å²) in [5, 5.41) is 3.86. The number of hydrogen-bond donors (Lipinski definition) is 1. The van der Waals surface area contributed by atoms with Gasteiger partial charge in [0.15, 0.2) is 6.61 Å². The number of esters is 1. The predicted octanol–water partition coefficient (Wildman–Crippen LogP) is 1.26. The van der Waals surface area contributed by atoms with Crippen LogP contribution >= 0.6 is 11.3 Å². The summed E-state index contributed by atoms with van der Waals surface area (Å²) >= 11 is 1.22. The van der Waals surface area contributed by atoms with E-state index in [0.29, 0.717) is 4.88 Å². The summed E-state index contributed by atoms with van der Waals surface area (Å²) in [6.45, 7) is -0.516. The van der Waals surface area contributed by atoms with Crippen LogP contribution in [0.1, 0.15) is 20.0 Å². The molecule has 0 unspecified atom stereocenters. The fraction of sp³-hybridized carbons (Fsp3) is 0.0769. The number of aromatic nitrogens is 1. The Morgan fingerprint density at radius 1 is 1.20 bits per heavy atom. The van der Waals surface area contributed by atoms with E-state index >= 15 is 0 Å². The first kappa shape index (κ1) is 13.9. The van der Waals surface area contributed by atoms with Crippen LogP contribution in [-0.2, 0) is 9.53 Å². The van der Waals surface area contributed by atoms with Crippen molar-refractivity contribution in [1.82, 2.24) is 10.3 Å². The molecule has 0 aliphatic rings. The van der Waals surface area contributed by atoms with E-state index in [0.717, 1.165) is 0 Å². The molecule has 7 heteroatoms. The SMILES string of the molecule is O=C(COC(=O)c1ccncc1)NC(=O)c1cccs1. The third kappa shape index (κ3) is 3.72. The van der Waals surface area contributed by atoms with Gasteiger partial charge in [-0.25, -0.2) is 4.79 Å². The Bertz CT molecular complexity index is 611. The second kappa shape index (κ2) is 6.58.